The Hall–Kier alpha value is -2.17. The molecule has 15 heavy (non-hydrogen) atoms. The molecule has 76 valence electrons. The number of hydrogen-bond donors (Lipinski definition) is 1. The molecule has 5 nitrogen and oxygen atoms in total. The van der Waals surface area contributed by atoms with Gasteiger partial charge in [0.2, 0.25) is 5.95 Å². The van der Waals surface area contributed by atoms with E-state index in [9.17, 15) is 4.79 Å². The van der Waals surface area contributed by atoms with Gasteiger partial charge in [-0.25, -0.2) is 9.97 Å². The highest BCUT2D eigenvalue weighted by molar-refractivity contribution is 6.01. The Labute approximate surface area is 86.2 Å². The number of aryl methyl sites for hydroxylation is 1. The van der Waals surface area contributed by atoms with Gasteiger partial charge < -0.3 is 4.42 Å². The lowest BCUT2D eigenvalue weighted by molar-refractivity contribution is 0.0996. The topological polar surface area (TPSA) is 68.0 Å². The molecule has 2 rings (SSSR count). The number of hydrogen-bond acceptors (Lipinski definition) is 4. The van der Waals surface area contributed by atoms with E-state index in [4.69, 9.17) is 4.42 Å². The molecular formula is C10H9N3O2. The zero-order chi connectivity index (χ0) is 10.7. The van der Waals surface area contributed by atoms with Crippen LogP contribution in [0.5, 0.6) is 0 Å². The van der Waals surface area contributed by atoms with Crippen molar-refractivity contribution in [2.45, 2.75) is 6.92 Å². The lowest BCUT2D eigenvalue weighted by atomic mass is 10.4. The highest BCUT2D eigenvalue weighted by Crippen LogP contribution is 2.04. The number of carbonyl (C=O) groups excluding carboxylic acids is 1. The van der Waals surface area contributed by atoms with Crippen LogP contribution in [0.2, 0.25) is 0 Å². The Balaban J connectivity index is 2.13. The molecule has 0 aliphatic heterocycles. The van der Waals surface area contributed by atoms with E-state index in [1.807, 2.05) is 6.92 Å². The highest BCUT2D eigenvalue weighted by atomic mass is 16.3. The maximum absolute atomic E-state index is 11.5. The van der Waals surface area contributed by atoms with Gasteiger partial charge in [0.1, 0.15) is 0 Å². The Bertz CT molecular complexity index is 465. The minimum atomic E-state index is -0.356. The molecule has 2 heterocycles. The molecule has 2 aromatic heterocycles. The van der Waals surface area contributed by atoms with Crippen LogP contribution in [0.1, 0.15) is 16.2 Å². The fraction of sp³-hybridized carbons (Fsp3) is 0.100. The maximum Gasteiger partial charge on any atom is 0.293 e. The van der Waals surface area contributed by atoms with Crippen molar-refractivity contribution in [1.29, 1.82) is 0 Å². The molecule has 0 bridgehead atoms. The van der Waals surface area contributed by atoms with Gasteiger partial charge in [0, 0.05) is 11.9 Å². The van der Waals surface area contributed by atoms with Crippen LogP contribution in [-0.2, 0) is 0 Å². The van der Waals surface area contributed by atoms with Gasteiger partial charge in [-0.2, -0.15) is 0 Å². The molecular weight excluding hydrogens is 194 g/mol. The van der Waals surface area contributed by atoms with Crippen LogP contribution >= 0.6 is 0 Å². The molecule has 0 fully saturated rings. The van der Waals surface area contributed by atoms with Crippen LogP contribution in [-0.4, -0.2) is 15.9 Å². The van der Waals surface area contributed by atoms with E-state index in [0.717, 1.165) is 5.69 Å². The Morgan fingerprint density at radius 3 is 3.00 bits per heavy atom. The summed E-state index contributed by atoms with van der Waals surface area (Å²) in [4.78, 5) is 19.4. The van der Waals surface area contributed by atoms with Crippen LogP contribution in [0.4, 0.5) is 5.95 Å². The fourth-order valence-electron chi connectivity index (χ4n) is 1.08. The van der Waals surface area contributed by atoms with Crippen LogP contribution in [0, 0.1) is 6.92 Å². The number of rotatable bonds is 2. The average Bonchev–Trinajstić information content (AvgIpc) is 2.70. The molecule has 0 aliphatic rings. The smallest absolute Gasteiger partial charge is 0.293 e. The molecule has 1 N–H and O–H groups in total. The number of aromatic nitrogens is 2. The van der Waals surface area contributed by atoms with Gasteiger partial charge >= 0.3 is 0 Å². The number of furan rings is 1. The zero-order valence-corrected chi connectivity index (χ0v) is 8.10. The van der Waals surface area contributed by atoms with Crippen molar-refractivity contribution in [1.82, 2.24) is 9.97 Å². The van der Waals surface area contributed by atoms with Crippen molar-refractivity contribution in [2.24, 2.45) is 0 Å². The van der Waals surface area contributed by atoms with Crippen molar-refractivity contribution < 1.29 is 9.21 Å². The predicted molar refractivity (Wildman–Crippen MR) is 53.4 cm³/mol. The van der Waals surface area contributed by atoms with Crippen LogP contribution < -0.4 is 5.32 Å². The molecule has 5 heteroatoms. The highest BCUT2D eigenvalue weighted by Gasteiger charge is 2.09. The van der Waals surface area contributed by atoms with E-state index in [2.05, 4.69) is 15.3 Å². The van der Waals surface area contributed by atoms with E-state index < -0.39 is 0 Å². The lowest BCUT2D eigenvalue weighted by Crippen LogP contribution is -2.13. The first-order valence-corrected chi connectivity index (χ1v) is 4.40. The monoisotopic (exact) mass is 203 g/mol. The summed E-state index contributed by atoms with van der Waals surface area (Å²) >= 11 is 0. The third-order valence-electron chi connectivity index (χ3n) is 1.77. The minimum Gasteiger partial charge on any atom is -0.459 e. The first-order chi connectivity index (χ1) is 7.25. The second-order valence-electron chi connectivity index (χ2n) is 2.95. The third-order valence-corrected chi connectivity index (χ3v) is 1.77. The maximum atomic E-state index is 11.5. The van der Waals surface area contributed by atoms with Gasteiger partial charge in [-0.1, -0.05) is 0 Å². The van der Waals surface area contributed by atoms with Crippen LogP contribution in [0.15, 0.2) is 35.1 Å². The molecule has 0 spiro atoms. The van der Waals surface area contributed by atoms with E-state index in [1.165, 1.54) is 6.26 Å². The normalized spacial score (nSPS) is 9.93. The molecule has 0 saturated carbocycles. The van der Waals surface area contributed by atoms with E-state index in [1.54, 1.807) is 24.4 Å². The molecule has 0 aromatic carbocycles. The van der Waals surface area contributed by atoms with Gasteiger partial charge in [-0.05, 0) is 25.1 Å². The summed E-state index contributed by atoms with van der Waals surface area (Å²) in [5.74, 6) is 0.155. The summed E-state index contributed by atoms with van der Waals surface area (Å²) in [6, 6.07) is 4.97. The molecule has 2 aromatic rings. The van der Waals surface area contributed by atoms with Crippen LogP contribution in [0.25, 0.3) is 0 Å². The third kappa shape index (κ3) is 2.19. The van der Waals surface area contributed by atoms with Gasteiger partial charge in [0.15, 0.2) is 5.76 Å². The first kappa shape index (κ1) is 9.39. The molecule has 0 aliphatic carbocycles. The van der Waals surface area contributed by atoms with E-state index in [-0.39, 0.29) is 17.6 Å². The predicted octanol–water partition coefficient (Wildman–Crippen LogP) is 1.63. The summed E-state index contributed by atoms with van der Waals surface area (Å²) in [5.41, 5.74) is 0.791. The number of anilines is 1. The van der Waals surface area contributed by atoms with Crippen molar-refractivity contribution in [3.05, 3.63) is 42.1 Å². The Kier molecular flexibility index (Phi) is 2.45. The summed E-state index contributed by atoms with van der Waals surface area (Å²) in [6.07, 6.45) is 3.02. The number of nitrogens with zero attached hydrogens (tertiary/aromatic N) is 2. The van der Waals surface area contributed by atoms with Crippen LogP contribution in [0.3, 0.4) is 0 Å². The van der Waals surface area contributed by atoms with Gasteiger partial charge in [0.05, 0.1) is 6.26 Å². The Morgan fingerprint density at radius 1 is 1.47 bits per heavy atom. The minimum absolute atomic E-state index is 0.236. The molecule has 0 radical (unpaired) electrons. The summed E-state index contributed by atoms with van der Waals surface area (Å²) < 4.78 is 4.93. The van der Waals surface area contributed by atoms with Gasteiger partial charge in [-0.15, -0.1) is 0 Å². The number of nitrogens with one attached hydrogen (secondary N) is 1. The second kappa shape index (κ2) is 3.91. The number of carbonyl (C=O) groups is 1. The fourth-order valence-corrected chi connectivity index (χ4v) is 1.08. The molecule has 0 saturated heterocycles. The van der Waals surface area contributed by atoms with Crippen molar-refractivity contribution in [3.63, 3.8) is 0 Å². The Morgan fingerprint density at radius 2 is 2.33 bits per heavy atom. The average molecular weight is 203 g/mol. The zero-order valence-electron chi connectivity index (χ0n) is 8.10. The quantitative estimate of drug-likeness (QED) is 0.805. The summed E-state index contributed by atoms with van der Waals surface area (Å²) in [7, 11) is 0. The second-order valence-corrected chi connectivity index (χ2v) is 2.95. The van der Waals surface area contributed by atoms with Crippen molar-refractivity contribution in [2.75, 3.05) is 5.32 Å². The van der Waals surface area contributed by atoms with Crippen molar-refractivity contribution >= 4 is 11.9 Å². The van der Waals surface area contributed by atoms with E-state index in [0.29, 0.717) is 0 Å². The standard InChI is InChI=1S/C10H9N3O2/c1-7-4-5-11-10(12-7)13-9(14)8-3-2-6-15-8/h2-6H,1H3,(H,11,12,13,14). The summed E-state index contributed by atoms with van der Waals surface area (Å²) in [5, 5.41) is 2.53. The lowest BCUT2D eigenvalue weighted by Gasteiger charge is -2.00. The van der Waals surface area contributed by atoms with Crippen molar-refractivity contribution in [3.8, 4) is 0 Å². The van der Waals surface area contributed by atoms with E-state index >= 15 is 0 Å². The SMILES string of the molecule is Cc1ccnc(NC(=O)c2ccco2)n1. The summed E-state index contributed by atoms with van der Waals surface area (Å²) in [6.45, 7) is 1.82. The largest absolute Gasteiger partial charge is 0.459 e. The van der Waals surface area contributed by atoms with Gasteiger partial charge in [-0.3, -0.25) is 10.1 Å². The number of amides is 1. The first-order valence-electron chi connectivity index (χ1n) is 4.40. The molecule has 0 unspecified atom stereocenters. The molecule has 0 atom stereocenters. The van der Waals surface area contributed by atoms with Gasteiger partial charge in [0.25, 0.3) is 5.91 Å². The molecule has 1 amide bonds.